The molecule has 2 aromatic carbocycles. The van der Waals surface area contributed by atoms with E-state index in [4.69, 9.17) is 0 Å². The number of hydrogen-bond acceptors (Lipinski definition) is 3. The van der Waals surface area contributed by atoms with Gasteiger partial charge < -0.3 is 20.0 Å². The average Bonchev–Trinajstić information content (AvgIpc) is 2.66. The third-order valence-corrected chi connectivity index (χ3v) is 2.86. The fourth-order valence-corrected chi connectivity index (χ4v) is 2.11. The van der Waals surface area contributed by atoms with Gasteiger partial charge in [0.2, 0.25) is 0 Å². The number of aromatic nitrogens is 1. The number of aromatic amines is 1. The van der Waals surface area contributed by atoms with Crippen LogP contribution in [0.2, 0.25) is 0 Å². The number of rotatable bonds is 1. The molecule has 3 aromatic rings. The molecular formula is C13H8NNaO3. The quantitative estimate of drug-likeness (QED) is 0.510. The number of para-hydroxylation sites is 1. The molecule has 5 heteroatoms. The fraction of sp³-hybridized carbons (Fsp3) is 0. The monoisotopic (exact) mass is 249 g/mol. The zero-order valence-corrected chi connectivity index (χ0v) is 11.7. The van der Waals surface area contributed by atoms with Crippen molar-refractivity contribution >= 4 is 27.8 Å². The third-order valence-electron chi connectivity index (χ3n) is 2.86. The normalized spacial score (nSPS) is 10.4. The number of fused-ring (bicyclic) bond motifs is 3. The molecule has 4 nitrogen and oxygen atoms in total. The predicted octanol–water partition coefficient (Wildman–Crippen LogP) is -1.61. The van der Waals surface area contributed by atoms with E-state index in [1.165, 1.54) is 6.07 Å². The van der Waals surface area contributed by atoms with E-state index in [1.807, 2.05) is 24.3 Å². The molecule has 1 aromatic heterocycles. The van der Waals surface area contributed by atoms with Crippen LogP contribution in [-0.2, 0) is 0 Å². The first-order chi connectivity index (χ1) is 8.18. The minimum Gasteiger partial charge on any atom is -0.545 e. The Hall–Kier alpha value is -1.49. The number of carboxylic acid groups (broad SMARTS) is 1. The smallest absolute Gasteiger partial charge is 0.545 e. The Morgan fingerprint density at radius 1 is 1.11 bits per heavy atom. The first-order valence-electron chi connectivity index (χ1n) is 5.12. The van der Waals surface area contributed by atoms with E-state index in [-0.39, 0.29) is 40.9 Å². The molecule has 0 aliphatic heterocycles. The summed E-state index contributed by atoms with van der Waals surface area (Å²) >= 11 is 0. The van der Waals surface area contributed by atoms with Crippen LogP contribution in [0.25, 0.3) is 21.8 Å². The number of aromatic carboxylic acids is 1. The maximum absolute atomic E-state index is 11.0. The van der Waals surface area contributed by atoms with Crippen LogP contribution in [-0.4, -0.2) is 16.1 Å². The molecule has 1 heterocycles. The number of hydrogen-bond donors (Lipinski definition) is 2. The molecule has 0 radical (unpaired) electrons. The van der Waals surface area contributed by atoms with Crippen LogP contribution in [0.3, 0.4) is 0 Å². The molecule has 0 saturated heterocycles. The van der Waals surface area contributed by atoms with Gasteiger partial charge in [0.05, 0.1) is 17.0 Å². The summed E-state index contributed by atoms with van der Waals surface area (Å²) in [4.78, 5) is 14.0. The van der Waals surface area contributed by atoms with Gasteiger partial charge >= 0.3 is 29.6 Å². The van der Waals surface area contributed by atoms with E-state index < -0.39 is 5.97 Å². The summed E-state index contributed by atoms with van der Waals surface area (Å²) in [5.74, 6) is -1.68. The van der Waals surface area contributed by atoms with E-state index in [9.17, 15) is 15.0 Å². The minimum atomic E-state index is -1.39. The molecule has 0 amide bonds. The van der Waals surface area contributed by atoms with Crippen molar-refractivity contribution in [3.05, 3.63) is 42.0 Å². The van der Waals surface area contributed by atoms with Gasteiger partial charge in [-0.25, -0.2) is 0 Å². The standard InChI is InChI=1S/C13H9NO3.Na/c15-10-6-5-8-7-3-1-2-4-9(7)14-12(8)11(10)13(16)17;/h1-6,14-15H,(H,16,17);/q;+1/p-1. The van der Waals surface area contributed by atoms with Crippen LogP contribution in [0.5, 0.6) is 5.75 Å². The molecule has 3 rings (SSSR count). The van der Waals surface area contributed by atoms with Gasteiger partial charge in [0.25, 0.3) is 0 Å². The van der Waals surface area contributed by atoms with Gasteiger partial charge in [-0.2, -0.15) is 0 Å². The molecule has 0 fully saturated rings. The number of carbonyl (C=O) groups is 1. The average molecular weight is 249 g/mol. The van der Waals surface area contributed by atoms with Crippen LogP contribution in [0.4, 0.5) is 0 Å². The van der Waals surface area contributed by atoms with Crippen molar-refractivity contribution in [1.82, 2.24) is 4.98 Å². The Morgan fingerprint density at radius 3 is 2.56 bits per heavy atom. The Morgan fingerprint density at radius 2 is 1.83 bits per heavy atom. The number of carboxylic acids is 1. The molecule has 0 saturated carbocycles. The summed E-state index contributed by atoms with van der Waals surface area (Å²) in [5.41, 5.74) is 1.03. The van der Waals surface area contributed by atoms with Crippen molar-refractivity contribution < 1.29 is 44.6 Å². The Kier molecular flexibility index (Phi) is 3.34. The predicted molar refractivity (Wildman–Crippen MR) is 61.8 cm³/mol. The maximum Gasteiger partial charge on any atom is 1.00 e. The summed E-state index contributed by atoms with van der Waals surface area (Å²) < 4.78 is 0. The van der Waals surface area contributed by atoms with Gasteiger partial charge in [-0.1, -0.05) is 18.2 Å². The van der Waals surface area contributed by atoms with E-state index in [2.05, 4.69) is 4.98 Å². The molecule has 0 atom stereocenters. The van der Waals surface area contributed by atoms with E-state index in [0.29, 0.717) is 5.52 Å². The SMILES string of the molecule is O=C([O-])c1c(O)ccc2c1[nH]c1ccccc12.[Na+]. The van der Waals surface area contributed by atoms with Gasteiger partial charge in [-0.3, -0.25) is 0 Å². The number of carbonyl (C=O) groups excluding carboxylic acids is 1. The topological polar surface area (TPSA) is 76.2 Å². The second kappa shape index (κ2) is 4.65. The minimum absolute atomic E-state index is 0. The van der Waals surface area contributed by atoms with Crippen LogP contribution in [0.1, 0.15) is 10.4 Å². The molecule has 0 bridgehead atoms. The second-order valence-corrected chi connectivity index (χ2v) is 3.84. The summed E-state index contributed by atoms with van der Waals surface area (Å²) in [5, 5.41) is 22.3. The molecule has 0 unspecified atom stereocenters. The van der Waals surface area contributed by atoms with Crippen LogP contribution < -0.4 is 34.7 Å². The summed E-state index contributed by atoms with van der Waals surface area (Å²) in [6.45, 7) is 0. The summed E-state index contributed by atoms with van der Waals surface area (Å²) in [7, 11) is 0. The molecule has 2 N–H and O–H groups in total. The van der Waals surface area contributed by atoms with Crippen LogP contribution in [0.15, 0.2) is 36.4 Å². The number of aromatic hydroxyl groups is 1. The van der Waals surface area contributed by atoms with Gasteiger partial charge in [0.15, 0.2) is 0 Å². The molecule has 84 valence electrons. The van der Waals surface area contributed by atoms with Gasteiger partial charge in [0.1, 0.15) is 5.75 Å². The van der Waals surface area contributed by atoms with Crippen LogP contribution >= 0.6 is 0 Å². The fourth-order valence-electron chi connectivity index (χ4n) is 2.11. The Labute approximate surface area is 125 Å². The zero-order chi connectivity index (χ0) is 12.0. The second-order valence-electron chi connectivity index (χ2n) is 3.84. The number of H-pyrrole nitrogens is 1. The first-order valence-corrected chi connectivity index (χ1v) is 5.12. The zero-order valence-electron chi connectivity index (χ0n) is 9.73. The van der Waals surface area contributed by atoms with Gasteiger partial charge in [-0.05, 0) is 18.2 Å². The van der Waals surface area contributed by atoms with Gasteiger partial charge in [0, 0.05) is 16.3 Å². The third kappa shape index (κ3) is 1.79. The van der Waals surface area contributed by atoms with Crippen molar-refractivity contribution in [2.75, 3.05) is 0 Å². The van der Waals surface area contributed by atoms with Crippen molar-refractivity contribution in [2.24, 2.45) is 0 Å². The van der Waals surface area contributed by atoms with Crippen molar-refractivity contribution in [1.29, 1.82) is 0 Å². The van der Waals surface area contributed by atoms with E-state index in [1.54, 1.807) is 6.07 Å². The molecule has 18 heavy (non-hydrogen) atoms. The van der Waals surface area contributed by atoms with Gasteiger partial charge in [-0.15, -0.1) is 0 Å². The number of nitrogens with one attached hydrogen (secondary N) is 1. The molecule has 0 aliphatic rings. The van der Waals surface area contributed by atoms with Crippen molar-refractivity contribution in [3.63, 3.8) is 0 Å². The molecular weight excluding hydrogens is 241 g/mol. The molecule has 0 aliphatic carbocycles. The van der Waals surface area contributed by atoms with E-state index >= 15 is 0 Å². The van der Waals surface area contributed by atoms with Crippen LogP contribution in [0, 0.1) is 0 Å². The summed E-state index contributed by atoms with van der Waals surface area (Å²) in [6, 6.07) is 10.5. The maximum atomic E-state index is 11.0. The summed E-state index contributed by atoms with van der Waals surface area (Å²) in [6.07, 6.45) is 0. The van der Waals surface area contributed by atoms with Crippen molar-refractivity contribution in [2.45, 2.75) is 0 Å². The van der Waals surface area contributed by atoms with E-state index in [0.717, 1.165) is 16.3 Å². The number of benzene rings is 2. The number of phenols is 1. The van der Waals surface area contributed by atoms with Crippen molar-refractivity contribution in [3.8, 4) is 5.75 Å². The molecule has 0 spiro atoms. The Balaban J connectivity index is 0.00000120. The first kappa shape index (κ1) is 13.0. The Bertz CT molecular complexity index is 748. The largest absolute Gasteiger partial charge is 1.00 e.